The number of unbranched alkanes of at least 4 members (excludes halogenated alkanes) is 1. The van der Waals surface area contributed by atoms with E-state index < -0.39 is 28.0 Å². The molecule has 0 radical (unpaired) electrons. The highest BCUT2D eigenvalue weighted by atomic mass is 32.2. The van der Waals surface area contributed by atoms with E-state index in [2.05, 4.69) is 6.92 Å². The molecule has 2 N–H and O–H groups in total. The summed E-state index contributed by atoms with van der Waals surface area (Å²) in [6.45, 7) is 2.02. The van der Waals surface area contributed by atoms with Gasteiger partial charge in [0, 0.05) is 13.1 Å². The molecular weight excluding hydrogens is 318 g/mol. The summed E-state index contributed by atoms with van der Waals surface area (Å²) < 4.78 is 26.4. The Bertz CT molecular complexity index is 641. The van der Waals surface area contributed by atoms with Crippen molar-refractivity contribution >= 4 is 16.0 Å². The quantitative estimate of drug-likeness (QED) is 0.817. The molecule has 1 fully saturated rings. The van der Waals surface area contributed by atoms with E-state index in [0.29, 0.717) is 0 Å². The summed E-state index contributed by atoms with van der Waals surface area (Å²) in [5.41, 5.74) is 1.09. The normalized spacial score (nSPS) is 22.9. The molecule has 2 atom stereocenters. The highest BCUT2D eigenvalue weighted by molar-refractivity contribution is 7.89. The monoisotopic (exact) mass is 341 g/mol. The molecule has 128 valence electrons. The summed E-state index contributed by atoms with van der Waals surface area (Å²) in [5.74, 6) is -1.99. The van der Waals surface area contributed by atoms with Crippen LogP contribution in [0.1, 0.15) is 31.7 Å². The van der Waals surface area contributed by atoms with Crippen LogP contribution in [0, 0.1) is 5.92 Å². The van der Waals surface area contributed by atoms with Gasteiger partial charge in [-0.05, 0) is 37.0 Å². The summed E-state index contributed by atoms with van der Waals surface area (Å²) >= 11 is 0. The van der Waals surface area contributed by atoms with Gasteiger partial charge in [-0.3, -0.25) is 4.79 Å². The Morgan fingerprint density at radius 1 is 1.30 bits per heavy atom. The van der Waals surface area contributed by atoms with Crippen molar-refractivity contribution in [2.45, 2.75) is 43.6 Å². The van der Waals surface area contributed by atoms with E-state index in [-0.39, 0.29) is 24.4 Å². The Morgan fingerprint density at radius 3 is 2.48 bits per heavy atom. The molecule has 0 aromatic heterocycles. The number of nitrogens with zero attached hydrogens (tertiary/aromatic N) is 1. The second kappa shape index (κ2) is 7.42. The highest BCUT2D eigenvalue weighted by Crippen LogP contribution is 2.24. The Labute approximate surface area is 136 Å². The third-order valence-electron chi connectivity index (χ3n) is 4.24. The Kier molecular flexibility index (Phi) is 5.78. The van der Waals surface area contributed by atoms with Gasteiger partial charge in [0.05, 0.1) is 16.9 Å². The number of aliphatic carboxylic acids is 1. The minimum Gasteiger partial charge on any atom is -0.481 e. The number of hydrogen-bond acceptors (Lipinski definition) is 4. The predicted octanol–water partition coefficient (Wildman–Crippen LogP) is 1.49. The molecule has 0 saturated carbocycles. The minimum absolute atomic E-state index is 0.105. The number of aliphatic hydroxyl groups is 1. The number of benzene rings is 1. The van der Waals surface area contributed by atoms with Crippen LogP contribution < -0.4 is 0 Å². The summed E-state index contributed by atoms with van der Waals surface area (Å²) in [6.07, 6.45) is 1.99. The number of carbonyl (C=O) groups is 1. The average Bonchev–Trinajstić information content (AvgIpc) is 2.52. The maximum atomic E-state index is 12.6. The zero-order chi connectivity index (χ0) is 17.0. The van der Waals surface area contributed by atoms with E-state index in [1.54, 1.807) is 12.1 Å². The van der Waals surface area contributed by atoms with Crippen molar-refractivity contribution in [1.82, 2.24) is 4.31 Å². The van der Waals surface area contributed by atoms with Gasteiger partial charge in [0.2, 0.25) is 10.0 Å². The Hall–Kier alpha value is -1.44. The second-order valence-corrected chi connectivity index (χ2v) is 7.85. The fourth-order valence-corrected chi connectivity index (χ4v) is 4.24. The van der Waals surface area contributed by atoms with Gasteiger partial charge in [0.1, 0.15) is 0 Å². The lowest BCUT2D eigenvalue weighted by atomic mass is 9.95. The van der Waals surface area contributed by atoms with Crippen molar-refractivity contribution in [3.05, 3.63) is 29.8 Å². The predicted molar refractivity (Wildman–Crippen MR) is 85.6 cm³/mol. The molecule has 1 saturated heterocycles. The third-order valence-corrected chi connectivity index (χ3v) is 6.12. The number of rotatable bonds is 6. The number of hydrogen-bond donors (Lipinski definition) is 2. The Balaban J connectivity index is 2.11. The molecule has 1 aromatic carbocycles. The van der Waals surface area contributed by atoms with Crippen molar-refractivity contribution in [3.8, 4) is 0 Å². The number of aliphatic hydroxyl groups excluding tert-OH is 1. The number of sulfonamides is 1. The Morgan fingerprint density at radius 2 is 1.96 bits per heavy atom. The molecule has 1 aliphatic heterocycles. The van der Waals surface area contributed by atoms with Gasteiger partial charge in [-0.25, -0.2) is 8.42 Å². The van der Waals surface area contributed by atoms with Crippen molar-refractivity contribution < 1.29 is 23.4 Å². The standard InChI is InChI=1S/C16H23NO5S/c1-2-3-4-12-5-7-13(8-6-12)23(21,22)17-10-9-14(16(19)20)15(18)11-17/h5-8,14-15,18H,2-4,9-11H2,1H3,(H,19,20)/t14-,15+/m0/s1. The first-order valence-electron chi connectivity index (χ1n) is 7.86. The molecule has 1 heterocycles. The van der Waals surface area contributed by atoms with Gasteiger partial charge in [0.15, 0.2) is 0 Å². The van der Waals surface area contributed by atoms with E-state index in [9.17, 15) is 18.3 Å². The summed E-state index contributed by atoms with van der Waals surface area (Å²) in [7, 11) is -3.70. The topological polar surface area (TPSA) is 94.9 Å². The lowest BCUT2D eigenvalue weighted by molar-refractivity contribution is -0.147. The first-order chi connectivity index (χ1) is 10.9. The van der Waals surface area contributed by atoms with Crippen LogP contribution >= 0.6 is 0 Å². The fraction of sp³-hybridized carbons (Fsp3) is 0.562. The molecule has 7 heteroatoms. The van der Waals surface area contributed by atoms with Gasteiger partial charge in [-0.2, -0.15) is 4.31 Å². The second-order valence-electron chi connectivity index (χ2n) is 5.91. The molecule has 0 unspecified atom stereocenters. The molecule has 0 aliphatic carbocycles. The molecule has 6 nitrogen and oxygen atoms in total. The summed E-state index contributed by atoms with van der Waals surface area (Å²) in [4.78, 5) is 11.2. The smallest absolute Gasteiger partial charge is 0.309 e. The minimum atomic E-state index is -3.70. The van der Waals surface area contributed by atoms with Crippen molar-refractivity contribution in [2.24, 2.45) is 5.92 Å². The molecule has 0 amide bonds. The highest BCUT2D eigenvalue weighted by Gasteiger charge is 2.37. The average molecular weight is 341 g/mol. The van der Waals surface area contributed by atoms with E-state index >= 15 is 0 Å². The van der Waals surface area contributed by atoms with Crippen LogP contribution in [0.25, 0.3) is 0 Å². The molecule has 0 bridgehead atoms. The molecule has 23 heavy (non-hydrogen) atoms. The number of carboxylic acid groups (broad SMARTS) is 1. The molecule has 2 rings (SSSR count). The zero-order valence-corrected chi connectivity index (χ0v) is 14.0. The van der Waals surface area contributed by atoms with Crippen LogP contribution in [0.4, 0.5) is 0 Å². The number of carboxylic acids is 1. The summed E-state index contributed by atoms with van der Waals surface area (Å²) in [6, 6.07) is 6.78. The van der Waals surface area contributed by atoms with Crippen LogP contribution in [0.15, 0.2) is 29.2 Å². The lowest BCUT2D eigenvalue weighted by Crippen LogP contribution is -2.48. The first-order valence-corrected chi connectivity index (χ1v) is 9.30. The SMILES string of the molecule is CCCCc1ccc(S(=O)(=O)N2CC[C@H](C(=O)O)[C@H](O)C2)cc1. The molecular formula is C16H23NO5S. The molecule has 0 spiro atoms. The van der Waals surface area contributed by atoms with Crippen molar-refractivity contribution in [1.29, 1.82) is 0 Å². The number of aryl methyl sites for hydroxylation is 1. The van der Waals surface area contributed by atoms with Gasteiger partial charge in [-0.1, -0.05) is 25.5 Å². The van der Waals surface area contributed by atoms with E-state index in [0.717, 1.165) is 29.1 Å². The fourth-order valence-electron chi connectivity index (χ4n) is 2.77. The van der Waals surface area contributed by atoms with Gasteiger partial charge >= 0.3 is 5.97 Å². The van der Waals surface area contributed by atoms with Crippen LogP contribution in [0.3, 0.4) is 0 Å². The van der Waals surface area contributed by atoms with Crippen LogP contribution in [-0.2, 0) is 21.2 Å². The molecule has 1 aromatic rings. The van der Waals surface area contributed by atoms with Crippen molar-refractivity contribution in [2.75, 3.05) is 13.1 Å². The maximum Gasteiger partial charge on any atom is 0.309 e. The van der Waals surface area contributed by atoms with Gasteiger partial charge < -0.3 is 10.2 Å². The van der Waals surface area contributed by atoms with Crippen LogP contribution in [0.5, 0.6) is 0 Å². The lowest BCUT2D eigenvalue weighted by Gasteiger charge is -2.33. The summed E-state index contributed by atoms with van der Waals surface area (Å²) in [5, 5.41) is 18.9. The van der Waals surface area contributed by atoms with E-state index in [4.69, 9.17) is 5.11 Å². The third kappa shape index (κ3) is 4.10. The van der Waals surface area contributed by atoms with Gasteiger partial charge in [0.25, 0.3) is 0 Å². The largest absolute Gasteiger partial charge is 0.481 e. The van der Waals surface area contributed by atoms with E-state index in [1.165, 1.54) is 0 Å². The number of β-amino-alcohol motifs (C(OH)–C–C–N with tert-alkyl or cyclic N) is 1. The van der Waals surface area contributed by atoms with E-state index in [1.807, 2.05) is 12.1 Å². The number of piperidine rings is 1. The first kappa shape index (κ1) is 17.9. The zero-order valence-electron chi connectivity index (χ0n) is 13.2. The van der Waals surface area contributed by atoms with Crippen LogP contribution in [-0.4, -0.2) is 48.1 Å². The van der Waals surface area contributed by atoms with Crippen LogP contribution in [0.2, 0.25) is 0 Å². The molecule has 1 aliphatic rings. The maximum absolute atomic E-state index is 12.6. The van der Waals surface area contributed by atoms with Crippen molar-refractivity contribution in [3.63, 3.8) is 0 Å². The van der Waals surface area contributed by atoms with Gasteiger partial charge in [-0.15, -0.1) is 0 Å².